The Hall–Kier alpha value is -3.41. The molecule has 1 aromatic heterocycles. The van der Waals surface area contributed by atoms with Crippen LogP contribution < -0.4 is 11.1 Å². The SMILES string of the molecule is Cc1ccc(-c2cc(C(=O)Nc3ccc(C(N)=O)cc3)no2)cc1. The Morgan fingerprint density at radius 3 is 2.33 bits per heavy atom. The molecule has 2 aromatic carbocycles. The molecule has 1 heterocycles. The van der Waals surface area contributed by atoms with Crippen LogP contribution in [0.3, 0.4) is 0 Å². The first-order valence-electron chi connectivity index (χ1n) is 7.28. The lowest BCUT2D eigenvalue weighted by atomic mass is 10.1. The highest BCUT2D eigenvalue weighted by atomic mass is 16.5. The molecule has 0 aliphatic carbocycles. The van der Waals surface area contributed by atoms with Gasteiger partial charge in [0, 0.05) is 22.9 Å². The van der Waals surface area contributed by atoms with Gasteiger partial charge in [-0.15, -0.1) is 0 Å². The van der Waals surface area contributed by atoms with Crippen LogP contribution in [0.25, 0.3) is 11.3 Å². The van der Waals surface area contributed by atoms with Gasteiger partial charge >= 0.3 is 0 Å². The summed E-state index contributed by atoms with van der Waals surface area (Å²) in [6.07, 6.45) is 0. The summed E-state index contributed by atoms with van der Waals surface area (Å²) in [5, 5.41) is 6.48. The van der Waals surface area contributed by atoms with Crippen LogP contribution in [-0.2, 0) is 0 Å². The highest BCUT2D eigenvalue weighted by Gasteiger charge is 2.14. The number of hydrogen-bond donors (Lipinski definition) is 2. The Morgan fingerprint density at radius 2 is 1.71 bits per heavy atom. The first kappa shape index (κ1) is 15.5. The van der Waals surface area contributed by atoms with Gasteiger partial charge in [-0.1, -0.05) is 35.0 Å². The van der Waals surface area contributed by atoms with Crippen LogP contribution in [0.2, 0.25) is 0 Å². The number of carbonyl (C=O) groups is 2. The monoisotopic (exact) mass is 321 g/mol. The molecule has 120 valence electrons. The number of nitrogens with two attached hydrogens (primary N) is 1. The van der Waals surface area contributed by atoms with Crippen molar-refractivity contribution in [2.24, 2.45) is 5.73 Å². The number of nitrogens with one attached hydrogen (secondary N) is 1. The van der Waals surface area contributed by atoms with Gasteiger partial charge in [0.15, 0.2) is 11.5 Å². The summed E-state index contributed by atoms with van der Waals surface area (Å²) in [4.78, 5) is 23.2. The van der Waals surface area contributed by atoms with Crippen LogP contribution in [0.15, 0.2) is 59.1 Å². The largest absolute Gasteiger partial charge is 0.366 e. The standard InChI is InChI=1S/C18H15N3O3/c1-11-2-4-12(5-3-11)16-10-15(21-24-16)18(23)20-14-8-6-13(7-9-14)17(19)22/h2-10H,1H3,(H2,19,22)(H,20,23). The molecule has 0 radical (unpaired) electrons. The van der Waals surface area contributed by atoms with E-state index in [1.54, 1.807) is 30.3 Å². The number of primary amides is 1. The molecule has 0 bridgehead atoms. The van der Waals surface area contributed by atoms with E-state index in [1.165, 1.54) is 0 Å². The van der Waals surface area contributed by atoms with Crippen molar-refractivity contribution in [3.63, 3.8) is 0 Å². The molecule has 0 saturated heterocycles. The average molecular weight is 321 g/mol. The van der Waals surface area contributed by atoms with Gasteiger partial charge < -0.3 is 15.6 Å². The van der Waals surface area contributed by atoms with Gasteiger partial charge in [0.2, 0.25) is 5.91 Å². The van der Waals surface area contributed by atoms with Crippen molar-refractivity contribution in [3.8, 4) is 11.3 Å². The maximum Gasteiger partial charge on any atom is 0.277 e. The zero-order valence-electron chi connectivity index (χ0n) is 12.9. The Morgan fingerprint density at radius 1 is 1.04 bits per heavy atom. The minimum Gasteiger partial charge on any atom is -0.366 e. The molecule has 2 amide bonds. The lowest BCUT2D eigenvalue weighted by Crippen LogP contribution is -2.13. The second kappa shape index (κ2) is 6.37. The molecule has 0 spiro atoms. The van der Waals surface area contributed by atoms with Gasteiger partial charge in [-0.2, -0.15) is 0 Å². The molecule has 0 atom stereocenters. The minimum absolute atomic E-state index is 0.171. The van der Waals surface area contributed by atoms with E-state index in [1.807, 2.05) is 31.2 Å². The number of benzene rings is 2. The summed E-state index contributed by atoms with van der Waals surface area (Å²) in [7, 11) is 0. The van der Waals surface area contributed by atoms with Gasteiger partial charge in [-0.25, -0.2) is 0 Å². The Kier molecular flexibility index (Phi) is 4.11. The van der Waals surface area contributed by atoms with Crippen LogP contribution >= 0.6 is 0 Å². The number of aryl methyl sites for hydroxylation is 1. The van der Waals surface area contributed by atoms with E-state index in [0.29, 0.717) is 17.0 Å². The number of hydrogen-bond acceptors (Lipinski definition) is 4. The summed E-state index contributed by atoms with van der Waals surface area (Å²) >= 11 is 0. The van der Waals surface area contributed by atoms with Crippen molar-refractivity contribution in [1.29, 1.82) is 0 Å². The number of rotatable bonds is 4. The Bertz CT molecular complexity index is 881. The predicted octanol–water partition coefficient (Wildman–Crippen LogP) is 3.00. The maximum absolute atomic E-state index is 12.2. The molecule has 0 unspecified atom stereocenters. The fourth-order valence-corrected chi connectivity index (χ4v) is 2.15. The second-order valence-corrected chi connectivity index (χ2v) is 5.34. The fourth-order valence-electron chi connectivity index (χ4n) is 2.15. The summed E-state index contributed by atoms with van der Waals surface area (Å²) < 4.78 is 5.23. The molecule has 0 saturated carbocycles. The number of carbonyl (C=O) groups excluding carboxylic acids is 2. The third-order valence-electron chi connectivity index (χ3n) is 3.51. The van der Waals surface area contributed by atoms with Crippen molar-refractivity contribution >= 4 is 17.5 Å². The molecule has 0 aliphatic rings. The van der Waals surface area contributed by atoms with E-state index in [0.717, 1.165) is 11.1 Å². The van der Waals surface area contributed by atoms with E-state index in [9.17, 15) is 9.59 Å². The first-order valence-corrected chi connectivity index (χ1v) is 7.28. The molecular weight excluding hydrogens is 306 g/mol. The molecular formula is C18H15N3O3. The molecule has 6 heteroatoms. The smallest absolute Gasteiger partial charge is 0.277 e. The average Bonchev–Trinajstić information content (AvgIpc) is 3.06. The van der Waals surface area contributed by atoms with Crippen molar-refractivity contribution in [3.05, 3.63) is 71.4 Å². The van der Waals surface area contributed by atoms with Crippen molar-refractivity contribution in [1.82, 2.24) is 5.16 Å². The minimum atomic E-state index is -0.521. The van der Waals surface area contributed by atoms with Crippen molar-refractivity contribution in [2.45, 2.75) is 6.92 Å². The topological polar surface area (TPSA) is 98.2 Å². The van der Waals surface area contributed by atoms with Gasteiger partial charge in [0.05, 0.1) is 0 Å². The number of anilines is 1. The fraction of sp³-hybridized carbons (Fsp3) is 0.0556. The Labute approximate surface area is 138 Å². The van der Waals surface area contributed by atoms with Crippen molar-refractivity contribution in [2.75, 3.05) is 5.32 Å². The zero-order chi connectivity index (χ0) is 17.1. The van der Waals surface area contributed by atoms with E-state index in [-0.39, 0.29) is 5.69 Å². The van der Waals surface area contributed by atoms with Crippen LogP contribution in [0, 0.1) is 6.92 Å². The van der Waals surface area contributed by atoms with Crippen LogP contribution in [0.5, 0.6) is 0 Å². The predicted molar refractivity (Wildman–Crippen MR) is 89.6 cm³/mol. The quantitative estimate of drug-likeness (QED) is 0.771. The maximum atomic E-state index is 12.2. The zero-order valence-corrected chi connectivity index (χ0v) is 12.9. The highest BCUT2D eigenvalue weighted by Crippen LogP contribution is 2.21. The summed E-state index contributed by atoms with van der Waals surface area (Å²) in [5.74, 6) is -0.403. The molecule has 0 fully saturated rings. The van der Waals surface area contributed by atoms with E-state index < -0.39 is 11.8 Å². The third kappa shape index (κ3) is 3.33. The molecule has 24 heavy (non-hydrogen) atoms. The second-order valence-electron chi connectivity index (χ2n) is 5.34. The van der Waals surface area contributed by atoms with Crippen molar-refractivity contribution < 1.29 is 14.1 Å². The van der Waals surface area contributed by atoms with Crippen LogP contribution in [0.1, 0.15) is 26.4 Å². The molecule has 0 aliphatic heterocycles. The van der Waals surface area contributed by atoms with E-state index >= 15 is 0 Å². The molecule has 3 aromatic rings. The van der Waals surface area contributed by atoms with Gasteiger partial charge in [0.1, 0.15) is 0 Å². The lowest BCUT2D eigenvalue weighted by molar-refractivity contribution is 0.0997. The number of nitrogens with zero attached hydrogens (tertiary/aromatic N) is 1. The molecule has 3 rings (SSSR count). The third-order valence-corrected chi connectivity index (χ3v) is 3.51. The molecule has 6 nitrogen and oxygen atoms in total. The normalized spacial score (nSPS) is 10.4. The van der Waals surface area contributed by atoms with Crippen LogP contribution in [-0.4, -0.2) is 17.0 Å². The van der Waals surface area contributed by atoms with Gasteiger partial charge in [-0.3, -0.25) is 9.59 Å². The highest BCUT2D eigenvalue weighted by molar-refractivity contribution is 6.03. The summed E-state index contributed by atoms with van der Waals surface area (Å²) in [5.41, 5.74) is 8.23. The first-order chi connectivity index (χ1) is 11.5. The van der Waals surface area contributed by atoms with E-state index in [2.05, 4.69) is 10.5 Å². The summed E-state index contributed by atoms with van der Waals surface area (Å²) in [6.45, 7) is 1.99. The summed E-state index contributed by atoms with van der Waals surface area (Å²) in [6, 6.07) is 15.6. The van der Waals surface area contributed by atoms with E-state index in [4.69, 9.17) is 10.3 Å². The van der Waals surface area contributed by atoms with Gasteiger partial charge in [0.25, 0.3) is 5.91 Å². The van der Waals surface area contributed by atoms with Crippen LogP contribution in [0.4, 0.5) is 5.69 Å². The van der Waals surface area contributed by atoms with Gasteiger partial charge in [-0.05, 0) is 31.2 Å². The lowest BCUT2D eigenvalue weighted by Gasteiger charge is -2.03. The Balaban J connectivity index is 1.73. The number of aromatic nitrogens is 1. The number of amides is 2. The molecule has 3 N–H and O–H groups in total.